The number of hydrogen-bond acceptors (Lipinski definition) is 5. The Kier molecular flexibility index (Phi) is 9.32. The first kappa shape index (κ1) is 23.7. The van der Waals surface area contributed by atoms with Crippen molar-refractivity contribution in [3.05, 3.63) is 89.5 Å². The Balaban J connectivity index is 2.09. The topological polar surface area (TPSA) is 93.7 Å². The minimum atomic E-state index is -0.666. The van der Waals surface area contributed by atoms with Crippen LogP contribution in [0.3, 0.4) is 0 Å². The molecule has 0 aliphatic rings. The first-order valence-corrected chi connectivity index (χ1v) is 9.81. The van der Waals surface area contributed by atoms with E-state index in [4.69, 9.17) is 21.1 Å². The van der Waals surface area contributed by atoms with E-state index in [1.165, 1.54) is 30.4 Å². The maximum Gasteiger partial charge on any atom is 0.338 e. The fraction of sp³-hybridized carbons (Fsp3) is 0.174. The Morgan fingerprint density at radius 2 is 1.52 bits per heavy atom. The molecule has 0 spiro atoms. The quantitative estimate of drug-likeness (QED) is 0.420. The van der Waals surface area contributed by atoms with E-state index in [-0.39, 0.29) is 30.0 Å². The van der Waals surface area contributed by atoms with Gasteiger partial charge in [-0.05, 0) is 36.2 Å². The molecule has 0 atom stereocenters. The SMILES string of the molecule is C=CCOC(=O)c1cc(NC(=O)NCCc2ccccc2Cl)cc(C(=O)OCC=C)c1. The van der Waals surface area contributed by atoms with Crippen molar-refractivity contribution in [3.8, 4) is 0 Å². The fourth-order valence-electron chi connectivity index (χ4n) is 2.56. The van der Waals surface area contributed by atoms with Gasteiger partial charge in [-0.15, -0.1) is 0 Å². The fourth-order valence-corrected chi connectivity index (χ4v) is 2.79. The van der Waals surface area contributed by atoms with E-state index in [1.807, 2.05) is 18.2 Å². The van der Waals surface area contributed by atoms with Gasteiger partial charge in [-0.1, -0.05) is 55.1 Å². The molecule has 2 N–H and O–H groups in total. The van der Waals surface area contributed by atoms with Gasteiger partial charge in [0.1, 0.15) is 13.2 Å². The van der Waals surface area contributed by atoms with Crippen molar-refractivity contribution < 1.29 is 23.9 Å². The van der Waals surface area contributed by atoms with E-state index in [1.54, 1.807) is 6.07 Å². The highest BCUT2D eigenvalue weighted by molar-refractivity contribution is 6.31. The summed E-state index contributed by atoms with van der Waals surface area (Å²) in [5.41, 5.74) is 1.31. The van der Waals surface area contributed by atoms with Crippen molar-refractivity contribution in [2.24, 2.45) is 0 Å². The molecule has 2 aromatic carbocycles. The number of nitrogens with one attached hydrogen (secondary N) is 2. The van der Waals surface area contributed by atoms with Crippen LogP contribution in [-0.4, -0.2) is 37.7 Å². The molecule has 2 rings (SSSR count). The summed E-state index contributed by atoms with van der Waals surface area (Å²) < 4.78 is 10.0. The molecule has 0 aliphatic heterocycles. The van der Waals surface area contributed by atoms with Gasteiger partial charge in [-0.2, -0.15) is 0 Å². The third-order valence-corrected chi connectivity index (χ3v) is 4.33. The molecule has 0 unspecified atom stereocenters. The molecule has 31 heavy (non-hydrogen) atoms. The molecule has 8 heteroatoms. The van der Waals surface area contributed by atoms with Gasteiger partial charge in [0.15, 0.2) is 0 Å². The van der Waals surface area contributed by atoms with Crippen LogP contribution in [-0.2, 0) is 15.9 Å². The van der Waals surface area contributed by atoms with E-state index in [2.05, 4.69) is 23.8 Å². The van der Waals surface area contributed by atoms with Gasteiger partial charge in [-0.25, -0.2) is 14.4 Å². The third kappa shape index (κ3) is 7.64. The number of benzene rings is 2. The molecule has 2 aromatic rings. The summed E-state index contributed by atoms with van der Waals surface area (Å²) >= 11 is 6.11. The van der Waals surface area contributed by atoms with Gasteiger partial charge in [0.05, 0.1) is 11.1 Å². The lowest BCUT2D eigenvalue weighted by Crippen LogP contribution is -2.30. The number of hydrogen-bond donors (Lipinski definition) is 2. The second kappa shape index (κ2) is 12.2. The van der Waals surface area contributed by atoms with E-state index >= 15 is 0 Å². The van der Waals surface area contributed by atoms with Crippen molar-refractivity contribution in [1.82, 2.24) is 5.32 Å². The lowest BCUT2D eigenvalue weighted by Gasteiger charge is -2.12. The van der Waals surface area contributed by atoms with Gasteiger partial charge in [-0.3, -0.25) is 0 Å². The van der Waals surface area contributed by atoms with Crippen LogP contribution >= 0.6 is 11.6 Å². The molecule has 0 radical (unpaired) electrons. The van der Waals surface area contributed by atoms with Gasteiger partial charge >= 0.3 is 18.0 Å². The number of amides is 2. The zero-order valence-corrected chi connectivity index (χ0v) is 17.6. The normalized spacial score (nSPS) is 9.97. The molecule has 162 valence electrons. The van der Waals surface area contributed by atoms with E-state index in [0.717, 1.165) is 5.56 Å². The average molecular weight is 443 g/mol. The Bertz CT molecular complexity index is 932. The minimum absolute atomic E-state index is 0.00919. The number of halogens is 1. The van der Waals surface area contributed by atoms with Crippen LogP contribution in [0.15, 0.2) is 67.8 Å². The highest BCUT2D eigenvalue weighted by Gasteiger charge is 2.16. The monoisotopic (exact) mass is 442 g/mol. The number of carbonyl (C=O) groups excluding carboxylic acids is 3. The highest BCUT2D eigenvalue weighted by atomic mass is 35.5. The summed E-state index contributed by atoms with van der Waals surface area (Å²) in [5.74, 6) is -1.33. The molecular weight excluding hydrogens is 420 g/mol. The molecule has 0 saturated heterocycles. The molecule has 7 nitrogen and oxygen atoms in total. The van der Waals surface area contributed by atoms with Gasteiger partial charge in [0, 0.05) is 17.3 Å². The van der Waals surface area contributed by atoms with Crippen molar-refractivity contribution in [3.63, 3.8) is 0 Å². The minimum Gasteiger partial charge on any atom is -0.458 e. The van der Waals surface area contributed by atoms with Gasteiger partial charge < -0.3 is 20.1 Å². The summed E-state index contributed by atoms with van der Waals surface area (Å²) in [5, 5.41) is 5.94. The van der Waals surface area contributed by atoms with Crippen LogP contribution in [0.2, 0.25) is 5.02 Å². The maximum absolute atomic E-state index is 12.3. The Morgan fingerprint density at radius 1 is 0.935 bits per heavy atom. The first-order chi connectivity index (χ1) is 14.9. The summed E-state index contributed by atoms with van der Waals surface area (Å²) in [6.45, 7) is 7.33. The first-order valence-electron chi connectivity index (χ1n) is 9.44. The standard InChI is InChI=1S/C23H23ClN2O5/c1-3-11-30-21(27)17-13-18(22(28)31-12-4-2)15-19(14-17)26-23(29)25-10-9-16-7-5-6-8-20(16)24/h3-8,13-15H,1-2,9-12H2,(H2,25,26,29). The zero-order valence-electron chi connectivity index (χ0n) is 16.9. The average Bonchev–Trinajstić information content (AvgIpc) is 2.76. The predicted molar refractivity (Wildman–Crippen MR) is 120 cm³/mol. The summed E-state index contributed by atoms with van der Waals surface area (Å²) in [4.78, 5) is 36.7. The molecule has 0 fully saturated rings. The lowest BCUT2D eigenvalue weighted by atomic mass is 10.1. The Labute approximate surface area is 185 Å². The number of rotatable bonds is 10. The molecule has 0 bridgehead atoms. The van der Waals surface area contributed by atoms with E-state index < -0.39 is 18.0 Å². The summed E-state index contributed by atoms with van der Waals surface area (Å²) in [6, 6.07) is 11.0. The molecule has 0 heterocycles. The predicted octanol–water partition coefficient (Wildman–Crippen LogP) is 4.39. The van der Waals surface area contributed by atoms with Crippen LogP contribution in [0.4, 0.5) is 10.5 Å². The molecular formula is C23H23ClN2O5. The number of esters is 2. The summed E-state index contributed by atoms with van der Waals surface area (Å²) in [7, 11) is 0. The second-order valence-corrected chi connectivity index (χ2v) is 6.70. The van der Waals surface area contributed by atoms with Crippen LogP contribution in [0.5, 0.6) is 0 Å². The van der Waals surface area contributed by atoms with Crippen LogP contribution in [0.1, 0.15) is 26.3 Å². The Hall–Kier alpha value is -3.58. The lowest BCUT2D eigenvalue weighted by molar-refractivity contribution is 0.0548. The Morgan fingerprint density at radius 3 is 2.06 bits per heavy atom. The van der Waals surface area contributed by atoms with Crippen molar-refractivity contribution >= 4 is 35.3 Å². The smallest absolute Gasteiger partial charge is 0.338 e. The van der Waals surface area contributed by atoms with Crippen LogP contribution < -0.4 is 10.6 Å². The van der Waals surface area contributed by atoms with Crippen molar-refractivity contribution in [2.45, 2.75) is 6.42 Å². The van der Waals surface area contributed by atoms with Gasteiger partial charge in [0.2, 0.25) is 0 Å². The highest BCUT2D eigenvalue weighted by Crippen LogP contribution is 2.18. The molecule has 0 aromatic heterocycles. The second-order valence-electron chi connectivity index (χ2n) is 6.30. The van der Waals surface area contributed by atoms with Crippen LogP contribution in [0.25, 0.3) is 0 Å². The number of anilines is 1. The number of ether oxygens (including phenoxy) is 2. The summed E-state index contributed by atoms with van der Waals surface area (Å²) in [6.07, 6.45) is 3.39. The molecule has 0 aliphatic carbocycles. The van der Waals surface area contributed by atoms with Gasteiger partial charge in [0.25, 0.3) is 0 Å². The third-order valence-electron chi connectivity index (χ3n) is 3.96. The van der Waals surface area contributed by atoms with Crippen LogP contribution in [0, 0.1) is 0 Å². The zero-order chi connectivity index (χ0) is 22.6. The molecule has 0 saturated carbocycles. The maximum atomic E-state index is 12.3. The largest absolute Gasteiger partial charge is 0.458 e. The van der Waals surface area contributed by atoms with Crippen molar-refractivity contribution in [1.29, 1.82) is 0 Å². The van der Waals surface area contributed by atoms with Crippen molar-refractivity contribution in [2.75, 3.05) is 25.1 Å². The van der Waals surface area contributed by atoms with E-state index in [9.17, 15) is 14.4 Å². The van der Waals surface area contributed by atoms with E-state index in [0.29, 0.717) is 18.0 Å². The number of urea groups is 1. The molecule has 2 amide bonds. The number of carbonyl (C=O) groups is 3.